The molecule has 2 N–H and O–H groups in total. The fraction of sp³-hybridized carbons (Fsp3) is 0.238. The standard InChI is InChI=1S/C21H22N2O2/c1-15(24)5-3-2-4-6-16-7-12-19-20(13-16)22-14-21(23-19)17-8-10-18(25)11-9-17/h4,6-15,24-25H,2-3,5H2,1H3/b6-4+. The normalized spacial score (nSPS) is 12.7. The van der Waals surface area contributed by atoms with Crippen molar-refractivity contribution in [2.24, 2.45) is 0 Å². The van der Waals surface area contributed by atoms with E-state index in [-0.39, 0.29) is 11.9 Å². The number of aliphatic hydroxyl groups is 1. The molecular formula is C21H22N2O2. The van der Waals surface area contributed by atoms with Crippen LogP contribution in [0.15, 0.2) is 54.7 Å². The number of nitrogens with zero attached hydrogens (tertiary/aromatic N) is 2. The van der Waals surface area contributed by atoms with Crippen LogP contribution in [0.1, 0.15) is 31.7 Å². The summed E-state index contributed by atoms with van der Waals surface area (Å²) < 4.78 is 0. The van der Waals surface area contributed by atoms with Gasteiger partial charge in [-0.3, -0.25) is 4.98 Å². The molecule has 4 heteroatoms. The summed E-state index contributed by atoms with van der Waals surface area (Å²) in [6.45, 7) is 1.82. The van der Waals surface area contributed by atoms with Gasteiger partial charge in [-0.25, -0.2) is 4.98 Å². The Labute approximate surface area is 147 Å². The maximum absolute atomic E-state index is 9.38. The van der Waals surface area contributed by atoms with Gasteiger partial charge in [0.1, 0.15) is 5.75 Å². The van der Waals surface area contributed by atoms with E-state index in [0.717, 1.165) is 47.1 Å². The van der Waals surface area contributed by atoms with Crippen molar-refractivity contribution in [1.82, 2.24) is 9.97 Å². The zero-order chi connectivity index (χ0) is 17.6. The maximum Gasteiger partial charge on any atom is 0.115 e. The molecule has 0 aliphatic heterocycles. The average molecular weight is 334 g/mol. The van der Waals surface area contributed by atoms with Gasteiger partial charge in [-0.2, -0.15) is 0 Å². The van der Waals surface area contributed by atoms with Gasteiger partial charge in [0.2, 0.25) is 0 Å². The van der Waals surface area contributed by atoms with Gasteiger partial charge in [0.05, 0.1) is 29.0 Å². The molecule has 0 aliphatic carbocycles. The number of rotatable bonds is 6. The van der Waals surface area contributed by atoms with Crippen LogP contribution in [0.2, 0.25) is 0 Å². The second-order valence-corrected chi connectivity index (χ2v) is 6.23. The van der Waals surface area contributed by atoms with Crippen LogP contribution in [0.5, 0.6) is 5.75 Å². The van der Waals surface area contributed by atoms with Gasteiger partial charge in [0, 0.05) is 5.56 Å². The largest absolute Gasteiger partial charge is 0.508 e. The van der Waals surface area contributed by atoms with Crippen molar-refractivity contribution in [2.75, 3.05) is 0 Å². The van der Waals surface area contributed by atoms with E-state index in [1.807, 2.05) is 37.3 Å². The Balaban J connectivity index is 1.74. The van der Waals surface area contributed by atoms with Gasteiger partial charge in [-0.15, -0.1) is 0 Å². The van der Waals surface area contributed by atoms with Crippen molar-refractivity contribution in [3.8, 4) is 17.0 Å². The number of fused-ring (bicyclic) bond motifs is 1. The lowest BCUT2D eigenvalue weighted by atomic mass is 10.1. The summed E-state index contributed by atoms with van der Waals surface area (Å²) in [5.41, 5.74) is 4.50. The van der Waals surface area contributed by atoms with E-state index < -0.39 is 0 Å². The Hall–Kier alpha value is -2.72. The molecule has 3 rings (SSSR count). The fourth-order valence-corrected chi connectivity index (χ4v) is 2.65. The number of aliphatic hydroxyl groups excluding tert-OH is 1. The molecule has 0 amide bonds. The summed E-state index contributed by atoms with van der Waals surface area (Å²) >= 11 is 0. The van der Waals surface area contributed by atoms with Crippen LogP contribution in [0.25, 0.3) is 28.4 Å². The van der Waals surface area contributed by atoms with Crippen molar-refractivity contribution in [1.29, 1.82) is 0 Å². The van der Waals surface area contributed by atoms with Gasteiger partial charge < -0.3 is 10.2 Å². The highest BCUT2D eigenvalue weighted by Gasteiger charge is 2.03. The third kappa shape index (κ3) is 4.64. The number of hydrogen-bond donors (Lipinski definition) is 2. The van der Waals surface area contributed by atoms with Crippen LogP contribution >= 0.6 is 0 Å². The van der Waals surface area contributed by atoms with Crippen LogP contribution in [0, 0.1) is 0 Å². The van der Waals surface area contributed by atoms with Crippen molar-refractivity contribution >= 4 is 17.1 Å². The number of unbranched alkanes of at least 4 members (excludes halogenated alkanes) is 1. The minimum atomic E-state index is -0.230. The molecule has 0 saturated heterocycles. The highest BCUT2D eigenvalue weighted by Crippen LogP contribution is 2.22. The van der Waals surface area contributed by atoms with Gasteiger partial charge >= 0.3 is 0 Å². The lowest BCUT2D eigenvalue weighted by Gasteiger charge is -2.04. The second-order valence-electron chi connectivity index (χ2n) is 6.23. The molecule has 2 aromatic carbocycles. The van der Waals surface area contributed by atoms with Crippen LogP contribution in [-0.4, -0.2) is 26.3 Å². The molecule has 4 nitrogen and oxygen atoms in total. The highest BCUT2D eigenvalue weighted by atomic mass is 16.3. The maximum atomic E-state index is 9.38. The first-order valence-electron chi connectivity index (χ1n) is 8.52. The second kappa shape index (κ2) is 7.90. The summed E-state index contributed by atoms with van der Waals surface area (Å²) in [6, 6.07) is 13.0. The molecule has 1 atom stereocenters. The fourth-order valence-electron chi connectivity index (χ4n) is 2.65. The molecule has 1 heterocycles. The molecule has 128 valence electrons. The predicted octanol–water partition coefficient (Wildman–Crippen LogP) is 4.57. The quantitative estimate of drug-likeness (QED) is 0.648. The van der Waals surface area contributed by atoms with E-state index in [1.54, 1.807) is 18.3 Å². The first-order chi connectivity index (χ1) is 12.1. The first-order valence-corrected chi connectivity index (χ1v) is 8.52. The Morgan fingerprint density at radius 3 is 2.64 bits per heavy atom. The van der Waals surface area contributed by atoms with Crippen molar-refractivity contribution in [2.45, 2.75) is 32.3 Å². The molecule has 0 spiro atoms. The Bertz CT molecular complexity index is 871. The van der Waals surface area contributed by atoms with E-state index in [2.05, 4.69) is 22.1 Å². The molecular weight excluding hydrogens is 312 g/mol. The van der Waals surface area contributed by atoms with Crippen molar-refractivity contribution in [3.63, 3.8) is 0 Å². The molecule has 25 heavy (non-hydrogen) atoms. The Morgan fingerprint density at radius 1 is 1.08 bits per heavy atom. The highest BCUT2D eigenvalue weighted by molar-refractivity contribution is 5.79. The summed E-state index contributed by atoms with van der Waals surface area (Å²) in [6.07, 6.45) is 8.50. The molecule has 0 bridgehead atoms. The SMILES string of the molecule is CC(O)CCC/C=C/c1ccc2nc(-c3ccc(O)cc3)cnc2c1. The number of phenols is 1. The lowest BCUT2D eigenvalue weighted by Crippen LogP contribution is -1.97. The van der Waals surface area contributed by atoms with Gasteiger partial charge in [-0.1, -0.05) is 18.2 Å². The smallest absolute Gasteiger partial charge is 0.115 e. The van der Waals surface area contributed by atoms with Gasteiger partial charge in [0.15, 0.2) is 0 Å². The third-order valence-electron chi connectivity index (χ3n) is 4.03. The number of aromatic hydroxyl groups is 1. The van der Waals surface area contributed by atoms with E-state index in [4.69, 9.17) is 0 Å². The van der Waals surface area contributed by atoms with Crippen molar-refractivity contribution < 1.29 is 10.2 Å². The number of allylic oxidation sites excluding steroid dienone is 1. The topological polar surface area (TPSA) is 66.2 Å². The summed E-state index contributed by atoms with van der Waals surface area (Å²) in [4.78, 5) is 9.17. The Kier molecular flexibility index (Phi) is 5.41. The van der Waals surface area contributed by atoms with Gasteiger partial charge in [0.25, 0.3) is 0 Å². The third-order valence-corrected chi connectivity index (χ3v) is 4.03. The lowest BCUT2D eigenvalue weighted by molar-refractivity contribution is 0.182. The first kappa shape index (κ1) is 17.1. The zero-order valence-corrected chi connectivity index (χ0v) is 14.3. The molecule has 0 fully saturated rings. The number of benzene rings is 2. The zero-order valence-electron chi connectivity index (χ0n) is 14.3. The van der Waals surface area contributed by atoms with Crippen LogP contribution in [0.4, 0.5) is 0 Å². The molecule has 0 saturated carbocycles. The van der Waals surface area contributed by atoms with Crippen LogP contribution in [0.3, 0.4) is 0 Å². The van der Waals surface area contributed by atoms with Crippen molar-refractivity contribution in [3.05, 3.63) is 60.3 Å². The van der Waals surface area contributed by atoms with E-state index in [9.17, 15) is 10.2 Å². The van der Waals surface area contributed by atoms with Crippen LogP contribution < -0.4 is 0 Å². The van der Waals surface area contributed by atoms with E-state index >= 15 is 0 Å². The monoisotopic (exact) mass is 334 g/mol. The minimum Gasteiger partial charge on any atom is -0.508 e. The predicted molar refractivity (Wildman–Crippen MR) is 101 cm³/mol. The minimum absolute atomic E-state index is 0.230. The molecule has 0 aliphatic rings. The summed E-state index contributed by atoms with van der Waals surface area (Å²) in [5.74, 6) is 0.238. The van der Waals surface area contributed by atoms with E-state index in [0.29, 0.717) is 0 Å². The molecule has 1 unspecified atom stereocenters. The molecule has 1 aromatic heterocycles. The number of aromatic nitrogens is 2. The molecule has 0 radical (unpaired) electrons. The van der Waals surface area contributed by atoms with E-state index in [1.165, 1.54) is 0 Å². The van der Waals surface area contributed by atoms with Crippen LogP contribution in [-0.2, 0) is 0 Å². The number of phenolic OH excluding ortho intramolecular Hbond substituents is 1. The van der Waals surface area contributed by atoms with Gasteiger partial charge in [-0.05, 0) is 68.1 Å². The average Bonchev–Trinajstić information content (AvgIpc) is 2.61. The molecule has 3 aromatic rings. The summed E-state index contributed by atoms with van der Waals surface area (Å²) in [7, 11) is 0. The Morgan fingerprint density at radius 2 is 1.88 bits per heavy atom. The summed E-state index contributed by atoms with van der Waals surface area (Å²) in [5, 5.41) is 18.6. The number of hydrogen-bond acceptors (Lipinski definition) is 4.